The van der Waals surface area contributed by atoms with Crippen molar-refractivity contribution in [2.75, 3.05) is 5.32 Å². The molecule has 0 atom stereocenters. The fourth-order valence-corrected chi connectivity index (χ4v) is 3.01. The first kappa shape index (κ1) is 15.3. The molecule has 0 unspecified atom stereocenters. The third kappa shape index (κ3) is 4.21. The molecule has 2 rings (SSSR count). The molecule has 4 N–H and O–H groups in total. The number of nitrogens with zero attached hydrogens (tertiary/aromatic N) is 1. The van der Waals surface area contributed by atoms with E-state index in [0.717, 1.165) is 29.4 Å². The number of nitrogens with two attached hydrogens (primary N) is 1. The lowest BCUT2D eigenvalue weighted by atomic mass is 9.96. The smallest absolute Gasteiger partial charge is 0.210 e. The van der Waals surface area contributed by atoms with Crippen molar-refractivity contribution < 1.29 is 0 Å². The molecule has 1 aliphatic carbocycles. The van der Waals surface area contributed by atoms with E-state index in [1.165, 1.54) is 24.8 Å². The van der Waals surface area contributed by atoms with Crippen LogP contribution in [0, 0.1) is 0 Å². The predicted molar refractivity (Wildman–Crippen MR) is 88.8 cm³/mol. The van der Waals surface area contributed by atoms with E-state index < -0.39 is 0 Å². The van der Waals surface area contributed by atoms with Gasteiger partial charge in [-0.15, -0.1) is 0 Å². The van der Waals surface area contributed by atoms with Gasteiger partial charge in [0.15, 0.2) is 0 Å². The molecule has 0 spiro atoms. The molecule has 0 amide bonds. The number of hydrazine groups is 1. The zero-order valence-electron chi connectivity index (χ0n) is 12.0. The molecule has 1 aromatic rings. The Labute approximate surface area is 129 Å². The van der Waals surface area contributed by atoms with E-state index in [2.05, 4.69) is 45.7 Å². The van der Waals surface area contributed by atoms with Gasteiger partial charge in [0.05, 0.1) is 6.04 Å². The molecule has 0 bridgehead atoms. The molecule has 0 aromatic heterocycles. The van der Waals surface area contributed by atoms with Gasteiger partial charge in [-0.2, -0.15) is 0 Å². The SMILES string of the molecule is CCc1cc(Br)ccc1NC(=NC1CCCCC1)NN. The Morgan fingerprint density at radius 1 is 1.35 bits per heavy atom. The lowest BCUT2D eigenvalue weighted by Gasteiger charge is -2.20. The number of hydrogen-bond donors (Lipinski definition) is 3. The Kier molecular flexibility index (Phi) is 5.86. The van der Waals surface area contributed by atoms with Crippen LogP contribution in [0.1, 0.15) is 44.6 Å². The zero-order valence-corrected chi connectivity index (χ0v) is 13.5. The summed E-state index contributed by atoms with van der Waals surface area (Å²) in [5, 5.41) is 3.32. The van der Waals surface area contributed by atoms with Crippen LogP contribution in [0.3, 0.4) is 0 Å². The molecule has 5 heteroatoms. The third-order valence-electron chi connectivity index (χ3n) is 3.72. The molecule has 20 heavy (non-hydrogen) atoms. The van der Waals surface area contributed by atoms with Crippen molar-refractivity contribution in [2.45, 2.75) is 51.5 Å². The van der Waals surface area contributed by atoms with Crippen LogP contribution in [-0.4, -0.2) is 12.0 Å². The predicted octanol–water partition coefficient (Wildman–Crippen LogP) is 3.58. The van der Waals surface area contributed by atoms with Crippen LogP contribution in [0.5, 0.6) is 0 Å². The van der Waals surface area contributed by atoms with Crippen molar-refractivity contribution in [3.63, 3.8) is 0 Å². The summed E-state index contributed by atoms with van der Waals surface area (Å²) in [6.07, 6.45) is 7.15. The van der Waals surface area contributed by atoms with Gasteiger partial charge in [0.25, 0.3) is 0 Å². The molecule has 0 saturated heterocycles. The quantitative estimate of drug-likeness (QED) is 0.341. The van der Waals surface area contributed by atoms with Crippen molar-refractivity contribution in [3.8, 4) is 0 Å². The van der Waals surface area contributed by atoms with Crippen LogP contribution in [-0.2, 0) is 6.42 Å². The van der Waals surface area contributed by atoms with Crippen molar-refractivity contribution in [1.29, 1.82) is 0 Å². The molecule has 1 saturated carbocycles. The molecular weight excluding hydrogens is 316 g/mol. The van der Waals surface area contributed by atoms with Crippen molar-refractivity contribution >= 4 is 27.6 Å². The van der Waals surface area contributed by atoms with Crippen LogP contribution in [0.25, 0.3) is 0 Å². The van der Waals surface area contributed by atoms with Gasteiger partial charge in [0.1, 0.15) is 0 Å². The van der Waals surface area contributed by atoms with E-state index in [-0.39, 0.29) is 0 Å². The van der Waals surface area contributed by atoms with E-state index in [1.807, 2.05) is 6.07 Å². The van der Waals surface area contributed by atoms with E-state index in [0.29, 0.717) is 12.0 Å². The molecule has 0 aliphatic heterocycles. The number of rotatable bonds is 3. The second kappa shape index (κ2) is 7.64. The molecule has 1 fully saturated rings. The van der Waals surface area contributed by atoms with Crippen LogP contribution < -0.4 is 16.6 Å². The Morgan fingerprint density at radius 2 is 2.10 bits per heavy atom. The normalized spacial score (nSPS) is 17.1. The monoisotopic (exact) mass is 338 g/mol. The molecule has 110 valence electrons. The van der Waals surface area contributed by atoms with Gasteiger partial charge in [0, 0.05) is 10.2 Å². The minimum Gasteiger partial charge on any atom is -0.325 e. The number of hydrogen-bond acceptors (Lipinski definition) is 2. The highest BCUT2D eigenvalue weighted by Crippen LogP contribution is 2.23. The van der Waals surface area contributed by atoms with E-state index in [1.54, 1.807) is 0 Å². The van der Waals surface area contributed by atoms with Crippen LogP contribution in [0.15, 0.2) is 27.7 Å². The van der Waals surface area contributed by atoms with E-state index >= 15 is 0 Å². The zero-order chi connectivity index (χ0) is 14.4. The largest absolute Gasteiger partial charge is 0.325 e. The first-order chi connectivity index (χ1) is 9.72. The fourth-order valence-electron chi connectivity index (χ4n) is 2.60. The molecule has 0 radical (unpaired) electrons. The second-order valence-electron chi connectivity index (χ2n) is 5.19. The van der Waals surface area contributed by atoms with Crippen LogP contribution in [0.4, 0.5) is 5.69 Å². The first-order valence-corrected chi connectivity index (χ1v) is 8.12. The number of anilines is 1. The molecule has 4 nitrogen and oxygen atoms in total. The average Bonchev–Trinajstić information content (AvgIpc) is 2.49. The minimum atomic E-state index is 0.392. The van der Waals surface area contributed by atoms with Gasteiger partial charge in [-0.25, -0.2) is 10.8 Å². The number of aliphatic imine (C=N–C) groups is 1. The summed E-state index contributed by atoms with van der Waals surface area (Å²) >= 11 is 3.50. The summed E-state index contributed by atoms with van der Waals surface area (Å²) in [6.45, 7) is 2.14. The van der Waals surface area contributed by atoms with Crippen LogP contribution in [0.2, 0.25) is 0 Å². The summed E-state index contributed by atoms with van der Waals surface area (Å²) in [4.78, 5) is 4.70. The highest BCUT2D eigenvalue weighted by molar-refractivity contribution is 9.10. The number of benzene rings is 1. The summed E-state index contributed by atoms with van der Waals surface area (Å²) in [6, 6.07) is 6.59. The number of guanidine groups is 1. The average molecular weight is 339 g/mol. The molecular formula is C15H23BrN4. The highest BCUT2D eigenvalue weighted by Gasteiger charge is 2.13. The lowest BCUT2D eigenvalue weighted by Crippen LogP contribution is -2.37. The van der Waals surface area contributed by atoms with Gasteiger partial charge in [0.2, 0.25) is 5.96 Å². The standard InChI is InChI=1S/C15H23BrN4/c1-2-11-10-12(16)8-9-14(11)19-15(20-17)18-13-6-4-3-5-7-13/h8-10,13H,2-7,17H2,1H3,(H2,18,19,20). The number of aryl methyl sites for hydroxylation is 1. The molecule has 1 aromatic carbocycles. The summed E-state index contributed by atoms with van der Waals surface area (Å²) in [5.41, 5.74) is 4.99. The second-order valence-corrected chi connectivity index (χ2v) is 6.11. The minimum absolute atomic E-state index is 0.392. The van der Waals surface area contributed by atoms with Crippen LogP contribution >= 0.6 is 15.9 Å². The number of nitrogens with one attached hydrogen (secondary N) is 2. The molecule has 1 aliphatic rings. The van der Waals surface area contributed by atoms with Crippen molar-refractivity contribution in [3.05, 3.63) is 28.2 Å². The van der Waals surface area contributed by atoms with E-state index in [4.69, 9.17) is 10.8 Å². The van der Waals surface area contributed by atoms with Gasteiger partial charge in [-0.05, 0) is 43.0 Å². The maximum Gasteiger partial charge on any atom is 0.210 e. The summed E-state index contributed by atoms with van der Waals surface area (Å²) in [5.74, 6) is 6.27. The van der Waals surface area contributed by atoms with Crippen molar-refractivity contribution in [2.24, 2.45) is 10.8 Å². The maximum absolute atomic E-state index is 5.61. The van der Waals surface area contributed by atoms with Gasteiger partial charge >= 0.3 is 0 Å². The number of halogens is 1. The Morgan fingerprint density at radius 3 is 2.75 bits per heavy atom. The summed E-state index contributed by atoms with van der Waals surface area (Å²) in [7, 11) is 0. The van der Waals surface area contributed by atoms with E-state index in [9.17, 15) is 0 Å². The first-order valence-electron chi connectivity index (χ1n) is 7.32. The fraction of sp³-hybridized carbons (Fsp3) is 0.533. The Hall–Kier alpha value is -1.07. The third-order valence-corrected chi connectivity index (χ3v) is 4.22. The van der Waals surface area contributed by atoms with Crippen molar-refractivity contribution in [1.82, 2.24) is 5.43 Å². The lowest BCUT2D eigenvalue weighted by molar-refractivity contribution is 0.442. The Bertz CT molecular complexity index is 467. The van der Waals surface area contributed by atoms with Gasteiger partial charge in [-0.3, -0.25) is 5.43 Å². The maximum atomic E-state index is 5.61. The summed E-state index contributed by atoms with van der Waals surface area (Å²) < 4.78 is 1.09. The van der Waals surface area contributed by atoms with Gasteiger partial charge < -0.3 is 5.32 Å². The van der Waals surface area contributed by atoms with Gasteiger partial charge in [-0.1, -0.05) is 42.1 Å². The Balaban J connectivity index is 2.11. The topological polar surface area (TPSA) is 62.4 Å². The molecule has 0 heterocycles. The highest BCUT2D eigenvalue weighted by atomic mass is 79.9.